The number of primary amides is 1. The monoisotopic (exact) mass is 330 g/mol. The zero-order valence-electron chi connectivity index (χ0n) is 13.8. The molecule has 1 aliphatic rings. The van der Waals surface area contributed by atoms with Crippen molar-refractivity contribution in [2.75, 3.05) is 26.3 Å². The molecular formula is C16H22N6O2. The SMILES string of the molecule is Cn1nccc1CN1CCOCC(Cc2cnc(C(N)=O)cn2)C1. The van der Waals surface area contributed by atoms with E-state index in [1.54, 1.807) is 6.20 Å². The molecule has 2 aromatic heterocycles. The summed E-state index contributed by atoms with van der Waals surface area (Å²) < 4.78 is 7.63. The summed E-state index contributed by atoms with van der Waals surface area (Å²) in [6, 6.07) is 2.04. The molecule has 8 nitrogen and oxygen atoms in total. The molecule has 24 heavy (non-hydrogen) atoms. The van der Waals surface area contributed by atoms with Gasteiger partial charge in [-0.3, -0.25) is 19.4 Å². The Balaban J connectivity index is 1.62. The maximum absolute atomic E-state index is 11.1. The molecule has 0 bridgehead atoms. The third-order valence-electron chi connectivity index (χ3n) is 4.19. The topological polar surface area (TPSA) is 99.2 Å². The van der Waals surface area contributed by atoms with Gasteiger partial charge in [-0.1, -0.05) is 0 Å². The van der Waals surface area contributed by atoms with E-state index >= 15 is 0 Å². The molecule has 0 spiro atoms. The Morgan fingerprint density at radius 3 is 2.96 bits per heavy atom. The van der Waals surface area contributed by atoms with Crippen molar-refractivity contribution < 1.29 is 9.53 Å². The Kier molecular flexibility index (Phi) is 5.17. The number of carbonyl (C=O) groups excluding carboxylic acids is 1. The molecule has 0 aromatic carbocycles. The Labute approximate surface area is 140 Å². The standard InChI is InChI=1S/C16H22N6O2/c1-21-14(2-3-20-21)10-22-4-5-24-11-12(9-22)6-13-7-19-15(8-18-13)16(17)23/h2-3,7-8,12H,4-6,9-11H2,1H3,(H2,17,23). The van der Waals surface area contributed by atoms with Gasteiger partial charge in [-0.2, -0.15) is 5.10 Å². The number of carbonyl (C=O) groups is 1. The fourth-order valence-corrected chi connectivity index (χ4v) is 2.89. The smallest absolute Gasteiger partial charge is 0.268 e. The third kappa shape index (κ3) is 4.15. The van der Waals surface area contributed by atoms with Crippen molar-refractivity contribution >= 4 is 5.91 Å². The number of hydrogen-bond acceptors (Lipinski definition) is 6. The van der Waals surface area contributed by atoms with Gasteiger partial charge in [0.05, 0.1) is 30.8 Å². The molecule has 1 unspecified atom stereocenters. The van der Waals surface area contributed by atoms with Crippen molar-refractivity contribution in [1.29, 1.82) is 0 Å². The van der Waals surface area contributed by atoms with Crippen molar-refractivity contribution in [3.63, 3.8) is 0 Å². The van der Waals surface area contributed by atoms with E-state index in [0.29, 0.717) is 12.5 Å². The van der Waals surface area contributed by atoms with Gasteiger partial charge in [-0.15, -0.1) is 0 Å². The zero-order chi connectivity index (χ0) is 16.9. The lowest BCUT2D eigenvalue weighted by Gasteiger charge is -2.23. The van der Waals surface area contributed by atoms with Crippen LogP contribution in [-0.4, -0.2) is 56.9 Å². The molecule has 2 aromatic rings. The second kappa shape index (κ2) is 7.50. The number of rotatable bonds is 5. The summed E-state index contributed by atoms with van der Waals surface area (Å²) in [5, 5.41) is 4.22. The molecule has 3 heterocycles. The molecular weight excluding hydrogens is 308 g/mol. The Morgan fingerprint density at radius 1 is 1.42 bits per heavy atom. The summed E-state index contributed by atoms with van der Waals surface area (Å²) >= 11 is 0. The second-order valence-corrected chi connectivity index (χ2v) is 6.08. The van der Waals surface area contributed by atoms with Gasteiger partial charge >= 0.3 is 0 Å². The normalized spacial score (nSPS) is 19.1. The molecule has 0 saturated carbocycles. The molecule has 1 atom stereocenters. The summed E-state index contributed by atoms with van der Waals surface area (Å²) in [5.74, 6) is -0.233. The van der Waals surface area contributed by atoms with Crippen LogP contribution in [0.4, 0.5) is 0 Å². The van der Waals surface area contributed by atoms with Crippen molar-refractivity contribution in [3.05, 3.63) is 41.7 Å². The number of aryl methyl sites for hydroxylation is 1. The van der Waals surface area contributed by atoms with E-state index in [2.05, 4.69) is 20.0 Å². The lowest BCUT2D eigenvalue weighted by atomic mass is 10.0. The first-order valence-electron chi connectivity index (χ1n) is 7.99. The molecule has 128 valence electrons. The second-order valence-electron chi connectivity index (χ2n) is 6.08. The predicted molar refractivity (Wildman–Crippen MR) is 87.0 cm³/mol. The van der Waals surface area contributed by atoms with Crippen molar-refractivity contribution in [3.8, 4) is 0 Å². The Hall–Kier alpha value is -2.32. The fourth-order valence-electron chi connectivity index (χ4n) is 2.89. The summed E-state index contributed by atoms with van der Waals surface area (Å²) in [6.45, 7) is 4.09. The molecule has 1 aliphatic heterocycles. The maximum atomic E-state index is 11.1. The van der Waals surface area contributed by atoms with Gasteiger partial charge in [0.15, 0.2) is 0 Å². The Morgan fingerprint density at radius 2 is 2.29 bits per heavy atom. The maximum Gasteiger partial charge on any atom is 0.268 e. The predicted octanol–water partition coefficient (Wildman–Crippen LogP) is 0.000100. The molecule has 0 radical (unpaired) electrons. The van der Waals surface area contributed by atoms with Crippen LogP contribution in [0.15, 0.2) is 24.7 Å². The number of aromatic nitrogens is 4. The first-order valence-corrected chi connectivity index (χ1v) is 7.99. The summed E-state index contributed by atoms with van der Waals surface area (Å²) in [4.78, 5) is 21.8. The van der Waals surface area contributed by atoms with Gasteiger partial charge in [0.2, 0.25) is 0 Å². The molecule has 8 heteroatoms. The lowest BCUT2D eigenvalue weighted by molar-refractivity contribution is 0.0995. The Bertz CT molecular complexity index is 684. The van der Waals surface area contributed by atoms with Crippen LogP contribution in [0.2, 0.25) is 0 Å². The van der Waals surface area contributed by atoms with Gasteiger partial charge in [0.25, 0.3) is 5.91 Å². The van der Waals surface area contributed by atoms with Crippen molar-refractivity contribution in [2.24, 2.45) is 18.7 Å². The largest absolute Gasteiger partial charge is 0.380 e. The number of amides is 1. The molecule has 1 amide bonds. The van der Waals surface area contributed by atoms with E-state index in [-0.39, 0.29) is 5.69 Å². The average molecular weight is 330 g/mol. The summed E-state index contributed by atoms with van der Waals surface area (Å²) in [7, 11) is 1.96. The van der Waals surface area contributed by atoms with E-state index in [1.165, 1.54) is 11.9 Å². The first-order chi connectivity index (χ1) is 11.6. The quantitative estimate of drug-likeness (QED) is 0.828. The van der Waals surface area contributed by atoms with Crippen LogP contribution in [0, 0.1) is 5.92 Å². The first kappa shape index (κ1) is 16.5. The minimum Gasteiger partial charge on any atom is -0.380 e. The summed E-state index contributed by atoms with van der Waals surface area (Å²) in [5.41, 5.74) is 7.40. The van der Waals surface area contributed by atoms with Crippen LogP contribution >= 0.6 is 0 Å². The molecule has 1 fully saturated rings. The van der Waals surface area contributed by atoms with Crippen LogP contribution in [0.25, 0.3) is 0 Å². The fraction of sp³-hybridized carbons (Fsp3) is 0.500. The van der Waals surface area contributed by atoms with Crippen LogP contribution in [0.1, 0.15) is 21.9 Å². The van der Waals surface area contributed by atoms with E-state index < -0.39 is 5.91 Å². The minimum atomic E-state index is -0.561. The van der Waals surface area contributed by atoms with E-state index in [9.17, 15) is 4.79 Å². The number of hydrogen-bond donors (Lipinski definition) is 1. The molecule has 3 rings (SSSR count). The lowest BCUT2D eigenvalue weighted by Crippen LogP contribution is -2.31. The van der Waals surface area contributed by atoms with Gasteiger partial charge in [-0.25, -0.2) is 4.98 Å². The van der Waals surface area contributed by atoms with E-state index in [0.717, 1.165) is 38.4 Å². The zero-order valence-corrected chi connectivity index (χ0v) is 13.8. The number of ether oxygens (including phenoxy) is 1. The van der Waals surface area contributed by atoms with E-state index in [4.69, 9.17) is 10.5 Å². The van der Waals surface area contributed by atoms with Crippen LogP contribution in [-0.2, 0) is 24.8 Å². The van der Waals surface area contributed by atoms with Gasteiger partial charge < -0.3 is 10.5 Å². The number of nitrogens with two attached hydrogens (primary N) is 1. The molecule has 0 aliphatic carbocycles. The van der Waals surface area contributed by atoms with Crippen LogP contribution in [0.3, 0.4) is 0 Å². The highest BCUT2D eigenvalue weighted by molar-refractivity contribution is 5.90. The van der Waals surface area contributed by atoms with E-state index in [1.807, 2.05) is 24.0 Å². The summed E-state index contributed by atoms with van der Waals surface area (Å²) in [6.07, 6.45) is 5.63. The highest BCUT2D eigenvalue weighted by atomic mass is 16.5. The van der Waals surface area contributed by atoms with Crippen LogP contribution in [0.5, 0.6) is 0 Å². The third-order valence-corrected chi connectivity index (χ3v) is 4.19. The highest BCUT2D eigenvalue weighted by Gasteiger charge is 2.20. The van der Waals surface area contributed by atoms with Crippen molar-refractivity contribution in [1.82, 2.24) is 24.6 Å². The highest BCUT2D eigenvalue weighted by Crippen LogP contribution is 2.14. The van der Waals surface area contributed by atoms with Crippen LogP contribution < -0.4 is 5.73 Å². The van der Waals surface area contributed by atoms with Crippen molar-refractivity contribution in [2.45, 2.75) is 13.0 Å². The van der Waals surface area contributed by atoms with Gasteiger partial charge in [0, 0.05) is 45.0 Å². The minimum absolute atomic E-state index is 0.189. The molecule has 1 saturated heterocycles. The van der Waals surface area contributed by atoms with Gasteiger partial charge in [0.1, 0.15) is 5.69 Å². The van der Waals surface area contributed by atoms with Gasteiger partial charge in [-0.05, 0) is 12.5 Å². The molecule has 2 N–H and O–H groups in total. The number of nitrogens with zero attached hydrogens (tertiary/aromatic N) is 5. The average Bonchev–Trinajstić information content (AvgIpc) is 2.83.